The van der Waals surface area contributed by atoms with Gasteiger partial charge in [-0.15, -0.1) is 0 Å². The zero-order valence-corrected chi connectivity index (χ0v) is 13.9. The zero-order chi connectivity index (χ0) is 14.9. The van der Waals surface area contributed by atoms with E-state index in [1.165, 1.54) is 22.4 Å². The van der Waals surface area contributed by atoms with Gasteiger partial charge < -0.3 is 9.84 Å². The summed E-state index contributed by atoms with van der Waals surface area (Å²) in [7, 11) is 0. The van der Waals surface area contributed by atoms with Crippen molar-refractivity contribution in [2.75, 3.05) is 18.1 Å². The van der Waals surface area contributed by atoms with Gasteiger partial charge in [-0.3, -0.25) is 0 Å². The van der Waals surface area contributed by atoms with Crippen LogP contribution >= 0.6 is 11.8 Å². The lowest BCUT2D eigenvalue weighted by Crippen LogP contribution is -2.43. The molecule has 0 aromatic heterocycles. The van der Waals surface area contributed by atoms with Crippen LogP contribution in [0, 0.1) is 19.8 Å². The number of hydrogen-bond acceptors (Lipinski definition) is 3. The minimum atomic E-state index is -0.239. The first kappa shape index (κ1) is 15.4. The Labute approximate surface area is 132 Å². The summed E-state index contributed by atoms with van der Waals surface area (Å²) in [5.74, 6) is 2.71. The summed E-state index contributed by atoms with van der Waals surface area (Å²) >= 11 is 1.99. The van der Waals surface area contributed by atoms with E-state index in [-0.39, 0.29) is 11.7 Å². The second-order valence-corrected chi connectivity index (χ2v) is 7.89. The number of aliphatic hydroxyl groups excluding tert-OH is 1. The molecule has 1 spiro atoms. The number of rotatable bonds is 3. The van der Waals surface area contributed by atoms with Gasteiger partial charge in [0, 0.05) is 12.4 Å². The average molecular weight is 306 g/mol. The molecule has 2 fully saturated rings. The van der Waals surface area contributed by atoms with Crippen molar-refractivity contribution in [2.24, 2.45) is 5.92 Å². The lowest BCUT2D eigenvalue weighted by atomic mass is 9.80. The van der Waals surface area contributed by atoms with Gasteiger partial charge in [0.2, 0.25) is 0 Å². The average Bonchev–Trinajstić information content (AvgIpc) is 2.91. The molecular weight excluding hydrogens is 280 g/mol. The smallest absolute Gasteiger partial charge is 0.0783 e. The van der Waals surface area contributed by atoms with Crippen LogP contribution in [0.25, 0.3) is 0 Å². The number of aliphatic hydroxyl groups is 1. The highest BCUT2D eigenvalue weighted by atomic mass is 32.2. The SMILES string of the molecule is Cc1ccc(C)c(CC(O)C2CCOC3(CCSC3)C2)c1. The first-order valence-electron chi connectivity index (χ1n) is 8.04. The van der Waals surface area contributed by atoms with Crippen molar-refractivity contribution in [2.45, 2.75) is 51.2 Å². The van der Waals surface area contributed by atoms with Gasteiger partial charge in [0.1, 0.15) is 0 Å². The number of thioether (sulfide) groups is 1. The van der Waals surface area contributed by atoms with Crippen LogP contribution in [-0.4, -0.2) is 34.9 Å². The minimum Gasteiger partial charge on any atom is -0.392 e. The fraction of sp³-hybridized carbons (Fsp3) is 0.667. The standard InChI is InChI=1S/C18H26O2S/c1-13-3-4-14(2)16(9-13)10-17(19)15-5-7-20-18(11-15)6-8-21-12-18/h3-4,9,15,17,19H,5-8,10-12H2,1-2H3. The van der Waals surface area contributed by atoms with E-state index in [0.29, 0.717) is 5.92 Å². The Hall–Kier alpha value is -0.510. The first-order valence-corrected chi connectivity index (χ1v) is 9.19. The maximum Gasteiger partial charge on any atom is 0.0783 e. The van der Waals surface area contributed by atoms with Crippen LogP contribution < -0.4 is 0 Å². The van der Waals surface area contributed by atoms with Crippen LogP contribution in [0.1, 0.15) is 36.0 Å². The monoisotopic (exact) mass is 306 g/mol. The Kier molecular flexibility index (Phi) is 4.63. The van der Waals surface area contributed by atoms with E-state index in [9.17, 15) is 5.11 Å². The van der Waals surface area contributed by atoms with Gasteiger partial charge in [-0.25, -0.2) is 0 Å². The summed E-state index contributed by atoms with van der Waals surface area (Å²) in [4.78, 5) is 0. The zero-order valence-electron chi connectivity index (χ0n) is 13.1. The molecule has 1 N–H and O–H groups in total. The van der Waals surface area contributed by atoms with Crippen molar-refractivity contribution < 1.29 is 9.84 Å². The molecule has 2 nitrogen and oxygen atoms in total. The van der Waals surface area contributed by atoms with Crippen LogP contribution in [0.5, 0.6) is 0 Å². The summed E-state index contributed by atoms with van der Waals surface area (Å²) in [5, 5.41) is 10.7. The van der Waals surface area contributed by atoms with Gasteiger partial charge in [0.25, 0.3) is 0 Å². The van der Waals surface area contributed by atoms with Gasteiger partial charge in [-0.05, 0) is 62.3 Å². The third-order valence-electron chi connectivity index (χ3n) is 5.08. The highest BCUT2D eigenvalue weighted by Gasteiger charge is 2.42. The third-order valence-corrected chi connectivity index (χ3v) is 6.30. The molecule has 1 aromatic carbocycles. The van der Waals surface area contributed by atoms with Crippen molar-refractivity contribution in [3.63, 3.8) is 0 Å². The Bertz CT molecular complexity index is 494. The highest BCUT2D eigenvalue weighted by Crippen LogP contribution is 2.41. The predicted molar refractivity (Wildman–Crippen MR) is 89.0 cm³/mol. The molecule has 0 aliphatic carbocycles. The quantitative estimate of drug-likeness (QED) is 0.926. The van der Waals surface area contributed by atoms with Crippen molar-refractivity contribution in [3.8, 4) is 0 Å². The van der Waals surface area contributed by atoms with E-state index >= 15 is 0 Å². The molecule has 3 atom stereocenters. The molecule has 2 heterocycles. The topological polar surface area (TPSA) is 29.5 Å². The summed E-state index contributed by atoms with van der Waals surface area (Å²) in [6.07, 6.45) is 3.73. The summed E-state index contributed by atoms with van der Waals surface area (Å²) in [6.45, 7) is 5.07. The molecular formula is C18H26O2S. The van der Waals surface area contributed by atoms with Crippen LogP contribution in [0.4, 0.5) is 0 Å². The van der Waals surface area contributed by atoms with Crippen LogP contribution in [0.15, 0.2) is 18.2 Å². The van der Waals surface area contributed by atoms with E-state index in [1.807, 2.05) is 11.8 Å². The maximum absolute atomic E-state index is 10.7. The molecule has 3 heteroatoms. The Morgan fingerprint density at radius 2 is 2.29 bits per heavy atom. The second kappa shape index (κ2) is 6.31. The number of ether oxygens (including phenoxy) is 1. The maximum atomic E-state index is 10.7. The van der Waals surface area contributed by atoms with Gasteiger partial charge in [0.05, 0.1) is 11.7 Å². The summed E-state index contributed by atoms with van der Waals surface area (Å²) in [5.41, 5.74) is 3.93. The van der Waals surface area contributed by atoms with E-state index in [4.69, 9.17) is 4.74 Å². The minimum absolute atomic E-state index is 0.0657. The fourth-order valence-corrected chi connectivity index (χ4v) is 5.05. The van der Waals surface area contributed by atoms with Crippen molar-refractivity contribution in [3.05, 3.63) is 34.9 Å². The Morgan fingerprint density at radius 3 is 3.05 bits per heavy atom. The second-order valence-electron chi connectivity index (χ2n) is 6.79. The molecule has 3 rings (SSSR count). The van der Waals surface area contributed by atoms with E-state index in [2.05, 4.69) is 32.0 Å². The fourth-order valence-electron chi connectivity index (χ4n) is 3.67. The molecule has 0 amide bonds. The molecule has 2 aliphatic rings. The molecule has 116 valence electrons. The first-order chi connectivity index (χ1) is 10.1. The number of benzene rings is 1. The predicted octanol–water partition coefficient (Wildman–Crippen LogP) is 3.51. The van der Waals surface area contributed by atoms with Crippen molar-refractivity contribution in [1.82, 2.24) is 0 Å². The molecule has 0 radical (unpaired) electrons. The molecule has 1 aromatic rings. The summed E-state index contributed by atoms with van der Waals surface area (Å²) in [6, 6.07) is 6.53. The normalized spacial score (nSPS) is 30.7. The largest absolute Gasteiger partial charge is 0.392 e. The van der Waals surface area contributed by atoms with Crippen LogP contribution in [0.3, 0.4) is 0 Å². The Morgan fingerprint density at radius 1 is 1.43 bits per heavy atom. The lowest BCUT2D eigenvalue weighted by molar-refractivity contribution is -0.101. The van der Waals surface area contributed by atoms with Gasteiger partial charge in [0.15, 0.2) is 0 Å². The number of hydrogen-bond donors (Lipinski definition) is 1. The molecule has 0 bridgehead atoms. The van der Waals surface area contributed by atoms with E-state index in [1.54, 1.807) is 0 Å². The molecule has 2 aliphatic heterocycles. The number of aryl methyl sites for hydroxylation is 2. The van der Waals surface area contributed by atoms with Gasteiger partial charge in [-0.2, -0.15) is 11.8 Å². The summed E-state index contributed by atoms with van der Waals surface area (Å²) < 4.78 is 6.07. The molecule has 21 heavy (non-hydrogen) atoms. The van der Waals surface area contributed by atoms with E-state index in [0.717, 1.165) is 38.0 Å². The van der Waals surface area contributed by atoms with Crippen LogP contribution in [0.2, 0.25) is 0 Å². The molecule has 3 unspecified atom stereocenters. The van der Waals surface area contributed by atoms with Crippen LogP contribution in [-0.2, 0) is 11.2 Å². The molecule has 0 saturated carbocycles. The van der Waals surface area contributed by atoms with Gasteiger partial charge in [-0.1, -0.05) is 23.8 Å². The van der Waals surface area contributed by atoms with E-state index < -0.39 is 0 Å². The van der Waals surface area contributed by atoms with Gasteiger partial charge >= 0.3 is 0 Å². The lowest BCUT2D eigenvalue weighted by Gasteiger charge is -2.39. The third kappa shape index (κ3) is 3.46. The van der Waals surface area contributed by atoms with Crippen molar-refractivity contribution >= 4 is 11.8 Å². The Balaban J connectivity index is 1.67. The molecule has 2 saturated heterocycles. The highest BCUT2D eigenvalue weighted by molar-refractivity contribution is 7.99. The van der Waals surface area contributed by atoms with Crippen molar-refractivity contribution in [1.29, 1.82) is 0 Å².